The van der Waals surface area contributed by atoms with Crippen molar-refractivity contribution in [3.63, 3.8) is 0 Å². The molecule has 0 radical (unpaired) electrons. The molecule has 0 aromatic heterocycles. The Balaban J connectivity index is 1.73. The second-order valence-electron chi connectivity index (χ2n) is 6.48. The summed E-state index contributed by atoms with van der Waals surface area (Å²) < 4.78 is 10.7. The van der Waals surface area contributed by atoms with E-state index in [1.165, 1.54) is 14.0 Å². The third-order valence-electron chi connectivity index (χ3n) is 4.49. The van der Waals surface area contributed by atoms with Gasteiger partial charge in [0, 0.05) is 0 Å². The molecule has 2 aromatic carbocycles. The fourth-order valence-electron chi connectivity index (χ4n) is 2.83. The molecular weight excluding hydrogens is 362 g/mol. The van der Waals surface area contributed by atoms with Crippen molar-refractivity contribution in [1.29, 1.82) is 0 Å². The van der Waals surface area contributed by atoms with Crippen LogP contribution in [0.2, 0.25) is 0 Å². The molecule has 4 amide bonds. The van der Waals surface area contributed by atoms with E-state index in [2.05, 4.69) is 10.7 Å². The van der Waals surface area contributed by atoms with Crippen molar-refractivity contribution >= 4 is 17.8 Å². The number of ether oxygens (including phenoxy) is 2. The monoisotopic (exact) mass is 383 g/mol. The number of benzene rings is 2. The fourth-order valence-corrected chi connectivity index (χ4v) is 2.83. The molecule has 28 heavy (non-hydrogen) atoms. The molecule has 8 nitrogen and oxygen atoms in total. The summed E-state index contributed by atoms with van der Waals surface area (Å²) in [4.78, 5) is 37.7. The van der Waals surface area contributed by atoms with Gasteiger partial charge < -0.3 is 14.8 Å². The lowest BCUT2D eigenvalue weighted by molar-refractivity contribution is -0.141. The van der Waals surface area contributed by atoms with Gasteiger partial charge in [-0.05, 0) is 43.7 Å². The second kappa shape index (κ2) is 7.59. The highest BCUT2D eigenvalue weighted by Crippen LogP contribution is 2.30. The highest BCUT2D eigenvalue weighted by molar-refractivity contribution is 6.08. The molecule has 0 saturated carbocycles. The van der Waals surface area contributed by atoms with Gasteiger partial charge in [0.2, 0.25) is 0 Å². The molecule has 0 spiro atoms. The van der Waals surface area contributed by atoms with E-state index >= 15 is 0 Å². The summed E-state index contributed by atoms with van der Waals surface area (Å²) in [5.41, 5.74) is 1.54. The van der Waals surface area contributed by atoms with Crippen LogP contribution in [-0.4, -0.2) is 36.1 Å². The molecule has 8 heteroatoms. The van der Waals surface area contributed by atoms with Crippen LogP contribution < -0.4 is 20.2 Å². The highest BCUT2D eigenvalue weighted by atomic mass is 16.5. The smallest absolute Gasteiger partial charge is 0.344 e. The number of para-hydroxylation sites is 1. The fraction of sp³-hybridized carbons (Fsp3) is 0.250. The van der Waals surface area contributed by atoms with Gasteiger partial charge in [0.15, 0.2) is 6.10 Å². The topological polar surface area (TPSA) is 97.0 Å². The summed E-state index contributed by atoms with van der Waals surface area (Å²) in [5, 5.41) is 3.29. The third kappa shape index (κ3) is 3.62. The Morgan fingerprint density at radius 2 is 1.79 bits per heavy atom. The second-order valence-corrected chi connectivity index (χ2v) is 6.48. The van der Waals surface area contributed by atoms with Gasteiger partial charge in [-0.15, -0.1) is 0 Å². The first-order valence-corrected chi connectivity index (χ1v) is 8.68. The van der Waals surface area contributed by atoms with E-state index in [0.717, 1.165) is 0 Å². The minimum absolute atomic E-state index is 0.503. The number of nitrogens with one attached hydrogen (secondary N) is 2. The van der Waals surface area contributed by atoms with Crippen LogP contribution in [0.3, 0.4) is 0 Å². The number of imide groups is 1. The zero-order chi connectivity index (χ0) is 20.3. The highest BCUT2D eigenvalue weighted by Gasteiger charge is 2.50. The molecule has 1 heterocycles. The maximum atomic E-state index is 12.9. The number of rotatable bonds is 6. The summed E-state index contributed by atoms with van der Waals surface area (Å²) in [6.07, 6.45) is -0.910. The van der Waals surface area contributed by atoms with E-state index < -0.39 is 29.5 Å². The van der Waals surface area contributed by atoms with Crippen LogP contribution in [0, 0.1) is 0 Å². The van der Waals surface area contributed by atoms with Crippen LogP contribution in [0.1, 0.15) is 19.4 Å². The van der Waals surface area contributed by atoms with Gasteiger partial charge in [0.25, 0.3) is 11.8 Å². The van der Waals surface area contributed by atoms with Crippen LogP contribution in [0.15, 0.2) is 54.6 Å². The summed E-state index contributed by atoms with van der Waals surface area (Å²) >= 11 is 0. The van der Waals surface area contributed by atoms with Crippen molar-refractivity contribution in [1.82, 2.24) is 15.8 Å². The Morgan fingerprint density at radius 3 is 2.46 bits per heavy atom. The Morgan fingerprint density at radius 1 is 1.11 bits per heavy atom. The first-order chi connectivity index (χ1) is 13.3. The number of methoxy groups -OCH3 is 1. The lowest BCUT2D eigenvalue weighted by Gasteiger charge is -2.23. The van der Waals surface area contributed by atoms with Gasteiger partial charge in [-0.1, -0.05) is 30.3 Å². The molecule has 2 N–H and O–H groups in total. The van der Waals surface area contributed by atoms with Gasteiger partial charge in [0.1, 0.15) is 17.0 Å². The Bertz CT molecular complexity index is 902. The van der Waals surface area contributed by atoms with E-state index in [1.807, 2.05) is 6.07 Å². The van der Waals surface area contributed by atoms with Crippen LogP contribution in [0.5, 0.6) is 11.5 Å². The minimum atomic E-state index is -1.33. The van der Waals surface area contributed by atoms with Crippen molar-refractivity contribution in [3.05, 3.63) is 60.2 Å². The quantitative estimate of drug-likeness (QED) is 0.744. The lowest BCUT2D eigenvalue weighted by Crippen LogP contribution is -2.51. The van der Waals surface area contributed by atoms with Crippen molar-refractivity contribution in [2.75, 3.05) is 7.11 Å². The van der Waals surface area contributed by atoms with Crippen LogP contribution in [0.4, 0.5) is 4.79 Å². The number of nitrogens with zero attached hydrogens (tertiary/aromatic N) is 1. The molecule has 0 bridgehead atoms. The summed E-state index contributed by atoms with van der Waals surface area (Å²) in [5.74, 6) is -0.176. The number of carbonyl (C=O) groups is 3. The Kier molecular flexibility index (Phi) is 5.21. The normalized spacial score (nSPS) is 19.8. The summed E-state index contributed by atoms with van der Waals surface area (Å²) in [6.45, 7) is 3.10. The summed E-state index contributed by atoms with van der Waals surface area (Å²) in [6, 6.07) is 14.9. The Labute approximate surface area is 162 Å². The van der Waals surface area contributed by atoms with E-state index in [0.29, 0.717) is 22.1 Å². The van der Waals surface area contributed by atoms with Gasteiger partial charge in [-0.3, -0.25) is 15.0 Å². The molecular formula is C20H21N3O5. The van der Waals surface area contributed by atoms with Crippen molar-refractivity contribution in [2.45, 2.75) is 25.5 Å². The molecule has 146 valence electrons. The first-order valence-electron chi connectivity index (χ1n) is 8.68. The predicted octanol–water partition coefficient (Wildman–Crippen LogP) is 1.96. The molecule has 3 rings (SSSR count). The van der Waals surface area contributed by atoms with Crippen LogP contribution >= 0.6 is 0 Å². The van der Waals surface area contributed by atoms with E-state index in [1.54, 1.807) is 55.5 Å². The molecule has 1 fully saturated rings. The predicted molar refractivity (Wildman–Crippen MR) is 100 cm³/mol. The lowest BCUT2D eigenvalue weighted by atomic mass is 9.92. The number of hydrogen-bond acceptors (Lipinski definition) is 5. The average Bonchev–Trinajstić information content (AvgIpc) is 2.92. The van der Waals surface area contributed by atoms with E-state index in [9.17, 15) is 14.4 Å². The number of amides is 4. The first kappa shape index (κ1) is 19.2. The maximum Gasteiger partial charge on any atom is 0.344 e. The van der Waals surface area contributed by atoms with Crippen molar-refractivity contribution < 1.29 is 23.9 Å². The van der Waals surface area contributed by atoms with Crippen LogP contribution in [0.25, 0.3) is 0 Å². The van der Waals surface area contributed by atoms with Crippen molar-refractivity contribution in [2.24, 2.45) is 0 Å². The Hall–Kier alpha value is -3.55. The molecule has 0 unspecified atom stereocenters. The number of carbonyl (C=O) groups excluding carboxylic acids is 3. The molecule has 1 aliphatic rings. The third-order valence-corrected chi connectivity index (χ3v) is 4.49. The summed E-state index contributed by atoms with van der Waals surface area (Å²) in [7, 11) is 1.51. The van der Waals surface area contributed by atoms with Gasteiger partial charge >= 0.3 is 6.03 Å². The SMILES string of the molecule is COc1cccc([C@]2(C)NC(=O)N(NC(=O)[C@H](C)Oc3ccccc3)C2=O)c1. The zero-order valence-corrected chi connectivity index (χ0v) is 15.8. The van der Waals surface area contributed by atoms with E-state index in [4.69, 9.17) is 9.47 Å². The van der Waals surface area contributed by atoms with E-state index in [-0.39, 0.29) is 0 Å². The molecule has 2 atom stereocenters. The molecule has 1 aliphatic heterocycles. The maximum absolute atomic E-state index is 12.9. The molecule has 2 aromatic rings. The van der Waals surface area contributed by atoms with Crippen molar-refractivity contribution in [3.8, 4) is 11.5 Å². The molecule has 0 aliphatic carbocycles. The van der Waals surface area contributed by atoms with Crippen LogP contribution in [-0.2, 0) is 15.1 Å². The van der Waals surface area contributed by atoms with Gasteiger partial charge in [-0.25, -0.2) is 4.79 Å². The zero-order valence-electron chi connectivity index (χ0n) is 15.8. The van der Waals surface area contributed by atoms with Gasteiger partial charge in [0.05, 0.1) is 7.11 Å². The standard InChI is InChI=1S/C20H21N3O5/c1-13(28-15-9-5-4-6-10-15)17(24)22-23-18(25)20(2,21-19(23)26)14-8-7-11-16(12-14)27-3/h4-13H,1-3H3,(H,21,26)(H,22,24)/t13-,20-/m0/s1. The number of urea groups is 1. The largest absolute Gasteiger partial charge is 0.497 e. The number of hydrazine groups is 1. The molecule has 1 saturated heterocycles. The minimum Gasteiger partial charge on any atom is -0.497 e. The average molecular weight is 383 g/mol. The number of hydrogen-bond donors (Lipinski definition) is 2. The van der Waals surface area contributed by atoms with Gasteiger partial charge in [-0.2, -0.15) is 5.01 Å².